The van der Waals surface area contributed by atoms with Gasteiger partial charge < -0.3 is 102 Å². The van der Waals surface area contributed by atoms with Crippen molar-refractivity contribution >= 4 is 99.1 Å². The molecule has 0 aliphatic carbocycles. The van der Waals surface area contributed by atoms with Crippen molar-refractivity contribution in [3.63, 3.8) is 0 Å². The zero-order valence-electron chi connectivity index (χ0n) is 66.5. The van der Waals surface area contributed by atoms with Crippen molar-refractivity contribution in [2.75, 3.05) is 95.0 Å². The van der Waals surface area contributed by atoms with Crippen LogP contribution in [-0.4, -0.2) is 198 Å². The number of aromatic nitrogens is 1. The number of amides is 5. The topological polar surface area (TPSA) is 448 Å². The second-order valence-corrected chi connectivity index (χ2v) is 29.6. The molecule has 0 radical (unpaired) electrons. The van der Waals surface area contributed by atoms with Crippen molar-refractivity contribution in [1.29, 1.82) is 5.26 Å². The summed E-state index contributed by atoms with van der Waals surface area (Å²) in [7, 11) is 9.63. The Hall–Kier alpha value is -10.5. The Morgan fingerprint density at radius 3 is 1.23 bits per heavy atom. The summed E-state index contributed by atoms with van der Waals surface area (Å²) in [5.41, 5.74) is 10.6. The first-order valence-electron chi connectivity index (χ1n) is 37.4. The Bertz CT molecular complexity index is 4110. The summed E-state index contributed by atoms with van der Waals surface area (Å²) in [6.45, 7) is 8.88. The van der Waals surface area contributed by atoms with Crippen molar-refractivity contribution in [3.8, 4) is 34.8 Å². The average molecular weight is 1770 g/mol. The summed E-state index contributed by atoms with van der Waals surface area (Å²) in [4.78, 5) is 110. The van der Waals surface area contributed by atoms with Gasteiger partial charge in [0.1, 0.15) is 28.7 Å². The third-order valence-electron chi connectivity index (χ3n) is 20.3. The Kier molecular flexibility index (Phi) is 41.9. The number of piperidine rings is 5. The van der Waals surface area contributed by atoms with Crippen molar-refractivity contribution in [3.05, 3.63) is 183 Å². The van der Waals surface area contributed by atoms with Crippen LogP contribution in [0.1, 0.15) is 115 Å². The zero-order chi connectivity index (χ0) is 82.8. The number of carbonyl (C=O) groups excluding carboxylic acids is 6. The number of ether oxygens (including phenoxy) is 6. The molecule has 9 heterocycles. The maximum absolute atomic E-state index is 12.3. The van der Waals surface area contributed by atoms with Crippen LogP contribution in [-0.2, 0) is 91.3 Å². The number of hydrogen-bond donors (Lipinski definition) is 9. The number of rotatable bonds is 18. The van der Waals surface area contributed by atoms with Gasteiger partial charge in [-0.25, -0.2) is 4.79 Å². The molecule has 14 N–H and O–H groups in total. The number of nitrogens with one attached hydrogen (secondary N) is 6. The van der Waals surface area contributed by atoms with Gasteiger partial charge in [-0.1, -0.05) is 97.3 Å². The van der Waals surface area contributed by atoms with Crippen LogP contribution in [0, 0.1) is 39.4 Å². The van der Waals surface area contributed by atoms with Crippen molar-refractivity contribution in [2.24, 2.45) is 33.8 Å². The fourth-order valence-corrected chi connectivity index (χ4v) is 14.9. The van der Waals surface area contributed by atoms with Crippen LogP contribution in [0.4, 0.5) is 0 Å². The smallest absolute Gasteiger partial charge is 0.335 e. The van der Waals surface area contributed by atoms with Crippen LogP contribution < -0.4 is 61.6 Å². The first-order valence-corrected chi connectivity index (χ1v) is 38.6. The molecule has 5 atom stereocenters. The monoisotopic (exact) mass is 1760 g/mol. The number of unbranched alkanes of at least 4 members (excludes halogenated alkanes) is 1. The van der Waals surface area contributed by atoms with E-state index in [1.54, 1.807) is 35.5 Å². The molecule has 8 aliphatic heterocycles. The fraction of sp³-hybridized carbons (Fsp3) is 0.434. The number of β-lactam (4-membered cyclic amide) rings is 1. The number of nitrogens with two attached hydrogens (primary N) is 1. The van der Waals surface area contributed by atoms with Gasteiger partial charge in [0, 0.05) is 161 Å². The summed E-state index contributed by atoms with van der Waals surface area (Å²) in [6.07, 6.45) is 10.1. The minimum Gasteiger partial charge on any atom is -0.497 e. The Balaban J connectivity index is 0.000000285. The number of thiocarbonyl (C=S) groups is 3. The normalized spacial score (nSPS) is 20.1. The van der Waals surface area contributed by atoms with Crippen LogP contribution in [0.5, 0.6) is 28.7 Å². The number of aromatic carboxylic acids is 1. The van der Waals surface area contributed by atoms with E-state index in [9.17, 15) is 43.2 Å². The number of likely N-dealkylation sites (tertiary alicyclic amines) is 3. The summed E-state index contributed by atoms with van der Waals surface area (Å²) in [5, 5.41) is 39.3. The van der Waals surface area contributed by atoms with E-state index in [1.165, 1.54) is 36.1 Å². The third-order valence-corrected chi connectivity index (χ3v) is 22.0. The molecule has 8 aliphatic rings. The second-order valence-electron chi connectivity index (χ2n) is 28.3. The molecular weight excluding hydrogens is 1660 g/mol. The molecule has 636 valence electrons. The van der Waals surface area contributed by atoms with Gasteiger partial charge in [-0.3, -0.25) is 38.4 Å². The van der Waals surface area contributed by atoms with Crippen molar-refractivity contribution in [1.82, 2.24) is 46.3 Å². The molecule has 117 heavy (non-hydrogen) atoms. The molecule has 5 aromatic carbocycles. The number of methoxy groups -OCH3 is 6. The number of aliphatic carboxylic acids is 1. The summed E-state index contributed by atoms with van der Waals surface area (Å²) in [6, 6.07) is 44.1. The van der Waals surface area contributed by atoms with Gasteiger partial charge in [0.05, 0.1) is 86.5 Å². The predicted octanol–water partition coefficient (Wildman–Crippen LogP) is 6.60. The Labute approximate surface area is 711 Å². The number of nitrogens with zero attached hydrogens (tertiary/aromatic N) is 4. The van der Waals surface area contributed by atoms with E-state index in [0.717, 1.165) is 139 Å². The average Bonchev–Trinajstić information content (AvgIpc) is 0.756. The van der Waals surface area contributed by atoms with Crippen molar-refractivity contribution < 1.29 is 108 Å². The molecule has 5 unspecified atom stereocenters. The number of aromatic amines is 1. The number of esters is 1. The van der Waals surface area contributed by atoms with Crippen LogP contribution in [0.15, 0.2) is 144 Å². The molecule has 6 aromatic rings. The first kappa shape index (κ1) is 98.9. The maximum atomic E-state index is 12.3. The number of aryl methyl sites for hydroxylation is 1. The van der Waals surface area contributed by atoms with Crippen LogP contribution in [0.3, 0.4) is 0 Å². The molecule has 34 heteroatoms. The van der Waals surface area contributed by atoms with Crippen molar-refractivity contribution in [2.45, 2.75) is 110 Å². The van der Waals surface area contributed by atoms with Gasteiger partial charge in [0.15, 0.2) is 0 Å². The molecular formula is C83H107N11O19PdS3. The number of benzene rings is 5. The van der Waals surface area contributed by atoms with Gasteiger partial charge in [-0.15, -0.1) is 0 Å². The minimum atomic E-state index is -1.09. The van der Waals surface area contributed by atoms with Crippen LogP contribution >= 0.6 is 36.7 Å². The Morgan fingerprint density at radius 1 is 0.504 bits per heavy atom. The summed E-state index contributed by atoms with van der Waals surface area (Å²) in [5.74, 6) is 1.40. The molecule has 30 nitrogen and oxygen atoms in total. The third kappa shape index (κ3) is 30.2. The molecule has 14 rings (SSSR count). The number of carboxylic acids is 2. The molecule has 3 spiro atoms. The number of carboxylic acid groups (broad SMARTS) is 2. The molecule has 1 aromatic heterocycles. The number of hydrogen-bond acceptors (Lipinski definition) is 20. The van der Waals surface area contributed by atoms with E-state index in [2.05, 4.69) is 76.4 Å². The van der Waals surface area contributed by atoms with E-state index in [-0.39, 0.29) is 102 Å². The van der Waals surface area contributed by atoms with Crippen LogP contribution in [0.25, 0.3) is 0 Å². The van der Waals surface area contributed by atoms with E-state index in [0.29, 0.717) is 71.4 Å². The SMILES string of the molecule is COC(=O)C1CCNC(=O)C1.COc1ccc(CCCC#N)cc1.COc1ccc(CN)cc1.COc1ccc(CN2CC3(CCNC(=O)C3)C2=O)cc1.COc1ccc(CN2CC3(CCNC(=O)C3)C2=S)cc1.COc1ccc(CN2CC3(CCNC(=S)C3)C2=S)cc1.O.O.O=C(O)c1cc[nH]c(=O)c1.O=C1CC(C(=O)O)CCN1.[Pd]. The maximum Gasteiger partial charge on any atom is 0.335 e. The van der Waals surface area contributed by atoms with E-state index >= 15 is 0 Å². The molecule has 5 amide bonds. The predicted molar refractivity (Wildman–Crippen MR) is 447 cm³/mol. The van der Waals surface area contributed by atoms with Gasteiger partial charge in [-0.2, -0.15) is 5.26 Å². The second kappa shape index (κ2) is 49.5. The van der Waals surface area contributed by atoms with E-state index in [4.69, 9.17) is 81.5 Å². The first-order chi connectivity index (χ1) is 54.7. The van der Waals surface area contributed by atoms with E-state index < -0.39 is 28.8 Å². The van der Waals surface area contributed by atoms with E-state index in [1.807, 2.05) is 102 Å². The van der Waals surface area contributed by atoms with Crippen LogP contribution in [0.2, 0.25) is 0 Å². The van der Waals surface area contributed by atoms with Gasteiger partial charge in [-0.05, 0) is 139 Å². The van der Waals surface area contributed by atoms with Gasteiger partial charge >= 0.3 is 17.9 Å². The molecule has 8 fully saturated rings. The molecule has 0 saturated carbocycles. The van der Waals surface area contributed by atoms with Gasteiger partial charge in [0.25, 0.3) is 0 Å². The Morgan fingerprint density at radius 2 is 0.880 bits per heavy atom. The van der Waals surface area contributed by atoms with Gasteiger partial charge in [0.2, 0.25) is 35.1 Å². The number of carbonyl (C=O) groups is 8. The number of nitriles is 1. The quantitative estimate of drug-likeness (QED) is 0.0144. The largest absolute Gasteiger partial charge is 0.497 e. The molecule has 0 bridgehead atoms. The fourth-order valence-electron chi connectivity index (χ4n) is 13.8. The zero-order valence-corrected chi connectivity index (χ0v) is 70.5. The number of pyridine rings is 1. The standard InChI is InChI=1S/C15H18N2O3.C15H18N2O2S.C15H18N2OS2.C11H13NO.C8H11NO.C7H11NO3.C6H9NO3.C6H5NO3.2H2O.Pd/c1-20-12-4-2-11(3-5-12)9-17-10-15(14(17)19)6-7-16-13(18)8-15;1-19-12-4-2-11(3-5-12)9-17-10-15(14(17)20)6-7-16-13(18)8-15;1-18-12-4-2-11(3-5-12)9-17-10-15(14(17)20)6-7-16-13(19)8-15;1-13-11-7-5-10(6-8-11)4-2-3-9-12;1-10-8-4-2-7(6-9)3-5-8;1-11-7(10)5-2-3-8-6(9)4-5;2*8-5-3-4(6(9)10)1-2-7-5;;;/h2*2-5H,6-10H2,1H3,(H,16,18);2-5H,6-10H2,1H3,(H,16,19);5-8H,2-4H2,1H3;2-5H,6,9H2,1H3;5H,2-4H2,1H3,(H,8,9);4H,1-3H2,(H,7,8)(H,9,10);1-3H,(H,7,8)(H,9,10);2*1H2;. The summed E-state index contributed by atoms with van der Waals surface area (Å²) < 4.78 is 30.0. The minimum absolute atomic E-state index is 0. The summed E-state index contributed by atoms with van der Waals surface area (Å²) >= 11 is 16.5. The molecule has 8 saturated heterocycles. The number of H-pyrrole nitrogens is 1.